The van der Waals surface area contributed by atoms with E-state index in [9.17, 15) is 24.0 Å². The maximum atomic E-state index is 13.5. The largest absolute Gasteiger partial charge is 0.496 e. The SMILES string of the molecule is COc1cc(N(C)c2nn(C3CCOCC3)c3c2CN(C(C)=O)CC3)ccc1-c1cc2nccn2cc1C1CCN(Cc2ccc3c(c2)C(=O)N(C2CCC(=O)NC2=O)C3=O)CC1. The second-order valence-electron chi connectivity index (χ2n) is 17.4. The molecule has 8 heterocycles. The van der Waals surface area contributed by atoms with Crippen LogP contribution < -0.4 is 15.0 Å². The van der Waals surface area contributed by atoms with Gasteiger partial charge in [-0.3, -0.25) is 43.8 Å². The average Bonchev–Trinajstić information content (AvgIpc) is 3.99. The predicted octanol–water partition coefficient (Wildman–Crippen LogP) is 5.01. The quantitative estimate of drug-likeness (QED) is 0.198. The maximum absolute atomic E-state index is 13.5. The number of imide groups is 2. The maximum Gasteiger partial charge on any atom is 0.262 e. The number of anilines is 2. The van der Waals surface area contributed by atoms with Crippen LogP contribution >= 0.6 is 0 Å². The van der Waals surface area contributed by atoms with Crippen molar-refractivity contribution in [1.29, 1.82) is 0 Å². The number of hydrogen-bond donors (Lipinski definition) is 1. The standard InChI is InChI=1S/C47H51N9O7/c1-28(57)53-18-12-39-38(27-53)44(50-56(39)31-13-20-63-21-14-31)51(2)32-5-7-33(41(23-32)62-3)35-24-42-48-15-19-54(42)26-37(35)30-10-16-52(17-11-30)25-29-4-6-34-36(22-29)47(61)55(46(34)60)40-8-9-43(58)49-45(40)59/h4-7,15,19,22-24,26,30-31,40H,8-14,16-18,20-21,25,27H2,1-3H3,(H,49,58,59). The third-order valence-electron chi connectivity index (χ3n) is 13.7. The molecule has 3 fully saturated rings. The highest BCUT2D eigenvalue weighted by Gasteiger charge is 2.45. The zero-order valence-electron chi connectivity index (χ0n) is 35.8. The summed E-state index contributed by atoms with van der Waals surface area (Å²) in [5, 5.41) is 7.50. The van der Waals surface area contributed by atoms with Crippen molar-refractivity contribution in [1.82, 2.24) is 39.2 Å². The van der Waals surface area contributed by atoms with Gasteiger partial charge in [0.05, 0.1) is 30.8 Å². The number of hydrogen-bond acceptors (Lipinski definition) is 11. The van der Waals surface area contributed by atoms with Crippen molar-refractivity contribution in [3.05, 3.63) is 94.6 Å². The molecular weight excluding hydrogens is 803 g/mol. The molecule has 0 saturated carbocycles. The molecule has 326 valence electrons. The van der Waals surface area contributed by atoms with E-state index < -0.39 is 29.7 Å². The van der Waals surface area contributed by atoms with Crippen LogP contribution in [0.25, 0.3) is 16.8 Å². The Morgan fingerprint density at radius 3 is 2.44 bits per heavy atom. The molecule has 16 heteroatoms. The molecule has 0 bridgehead atoms. The molecule has 3 aromatic heterocycles. The number of imidazole rings is 1. The highest BCUT2D eigenvalue weighted by atomic mass is 16.5. The zero-order valence-corrected chi connectivity index (χ0v) is 35.8. The van der Waals surface area contributed by atoms with Gasteiger partial charge >= 0.3 is 0 Å². The van der Waals surface area contributed by atoms with E-state index in [1.54, 1.807) is 26.2 Å². The summed E-state index contributed by atoms with van der Waals surface area (Å²) in [5.74, 6) is -0.119. The Kier molecular flexibility index (Phi) is 10.6. The van der Waals surface area contributed by atoms with Crippen LogP contribution in [0.3, 0.4) is 0 Å². The second kappa shape index (κ2) is 16.4. The van der Waals surface area contributed by atoms with Gasteiger partial charge in [-0.15, -0.1) is 0 Å². The molecular formula is C47H51N9O7. The number of rotatable bonds is 9. The Morgan fingerprint density at radius 1 is 0.905 bits per heavy atom. The molecule has 1 unspecified atom stereocenters. The van der Waals surface area contributed by atoms with Gasteiger partial charge in [0.1, 0.15) is 17.4 Å². The van der Waals surface area contributed by atoms with Crippen LogP contribution in [-0.2, 0) is 38.6 Å². The number of nitrogens with one attached hydrogen (secondary N) is 1. The van der Waals surface area contributed by atoms with Crippen LogP contribution in [0.4, 0.5) is 11.5 Å². The van der Waals surface area contributed by atoms with Gasteiger partial charge in [-0.1, -0.05) is 6.07 Å². The summed E-state index contributed by atoms with van der Waals surface area (Å²) in [5.41, 5.74) is 8.80. The molecule has 5 amide bonds. The van der Waals surface area contributed by atoms with Crippen molar-refractivity contribution >= 4 is 46.7 Å². The molecule has 0 radical (unpaired) electrons. The highest BCUT2D eigenvalue weighted by Crippen LogP contribution is 2.43. The predicted molar refractivity (Wildman–Crippen MR) is 232 cm³/mol. The molecule has 3 saturated heterocycles. The van der Waals surface area contributed by atoms with Crippen molar-refractivity contribution in [2.75, 3.05) is 51.9 Å². The van der Waals surface area contributed by atoms with Crippen LogP contribution in [0, 0.1) is 0 Å². The lowest BCUT2D eigenvalue weighted by atomic mass is 9.85. The second-order valence-corrected chi connectivity index (χ2v) is 17.4. The van der Waals surface area contributed by atoms with E-state index in [2.05, 4.69) is 59.6 Å². The molecule has 10 rings (SSSR count). The lowest BCUT2D eigenvalue weighted by molar-refractivity contribution is -0.136. The molecule has 5 aromatic rings. The third-order valence-corrected chi connectivity index (χ3v) is 13.7. The fourth-order valence-electron chi connectivity index (χ4n) is 10.2. The zero-order chi connectivity index (χ0) is 43.5. The number of carbonyl (C=O) groups is 5. The van der Waals surface area contributed by atoms with E-state index in [0.717, 1.165) is 95.2 Å². The summed E-state index contributed by atoms with van der Waals surface area (Å²) in [6, 6.07) is 13.1. The molecule has 2 aromatic carbocycles. The van der Waals surface area contributed by atoms with E-state index in [-0.39, 0.29) is 36.3 Å². The van der Waals surface area contributed by atoms with Crippen molar-refractivity contribution in [2.45, 2.75) is 83.0 Å². The highest BCUT2D eigenvalue weighted by molar-refractivity contribution is 6.23. The molecule has 16 nitrogen and oxygen atoms in total. The number of fused-ring (bicyclic) bond motifs is 3. The van der Waals surface area contributed by atoms with Crippen molar-refractivity contribution in [3.63, 3.8) is 0 Å². The lowest BCUT2D eigenvalue weighted by Crippen LogP contribution is -2.54. The number of aromatic nitrogens is 4. The summed E-state index contributed by atoms with van der Waals surface area (Å²) in [7, 11) is 3.74. The first-order chi connectivity index (χ1) is 30.6. The van der Waals surface area contributed by atoms with E-state index >= 15 is 0 Å². The number of methoxy groups -OCH3 is 1. The number of ether oxygens (including phenoxy) is 2. The number of benzene rings is 2. The van der Waals surface area contributed by atoms with Gasteiger partial charge in [-0.25, -0.2) is 4.98 Å². The van der Waals surface area contributed by atoms with Crippen LogP contribution in [0.2, 0.25) is 0 Å². The van der Waals surface area contributed by atoms with Gasteiger partial charge in [-0.05, 0) is 98.1 Å². The Hall–Kier alpha value is -6.39. The topological polar surface area (TPSA) is 164 Å². The molecule has 5 aliphatic heterocycles. The molecule has 1 N–H and O–H groups in total. The van der Waals surface area contributed by atoms with Gasteiger partial charge in [0.2, 0.25) is 17.7 Å². The molecule has 63 heavy (non-hydrogen) atoms. The minimum absolute atomic E-state index is 0.0621. The van der Waals surface area contributed by atoms with Crippen LogP contribution in [0.5, 0.6) is 5.75 Å². The Bertz CT molecular complexity index is 2670. The first kappa shape index (κ1) is 40.7. The fraction of sp³-hybridized carbons (Fsp3) is 0.426. The van der Waals surface area contributed by atoms with Gasteiger partial charge < -0.3 is 23.7 Å². The van der Waals surface area contributed by atoms with Gasteiger partial charge in [0.25, 0.3) is 11.8 Å². The van der Waals surface area contributed by atoms with Crippen molar-refractivity contribution in [2.24, 2.45) is 0 Å². The van der Waals surface area contributed by atoms with Crippen molar-refractivity contribution in [3.8, 4) is 16.9 Å². The summed E-state index contributed by atoms with van der Waals surface area (Å²) >= 11 is 0. The molecule has 1 atom stereocenters. The number of piperidine rings is 2. The Morgan fingerprint density at radius 2 is 1.68 bits per heavy atom. The normalized spacial score (nSPS) is 20.0. The third kappa shape index (κ3) is 7.34. The summed E-state index contributed by atoms with van der Waals surface area (Å²) in [4.78, 5) is 75.6. The fourth-order valence-corrected chi connectivity index (χ4v) is 10.2. The number of carbonyl (C=O) groups excluding carboxylic acids is 5. The van der Waals surface area contributed by atoms with Crippen molar-refractivity contribution < 1.29 is 33.4 Å². The number of amides is 5. The smallest absolute Gasteiger partial charge is 0.262 e. The summed E-state index contributed by atoms with van der Waals surface area (Å²) < 4.78 is 16.1. The van der Waals surface area contributed by atoms with E-state index in [4.69, 9.17) is 14.6 Å². The molecule has 0 aliphatic carbocycles. The van der Waals surface area contributed by atoms with Crippen LogP contribution in [0.15, 0.2) is 61.1 Å². The average molecular weight is 854 g/mol. The van der Waals surface area contributed by atoms with Gasteiger partial charge in [0, 0.05) is 100 Å². The Labute approximate surface area is 364 Å². The molecule has 5 aliphatic rings. The van der Waals surface area contributed by atoms with E-state index in [1.807, 2.05) is 30.4 Å². The summed E-state index contributed by atoms with van der Waals surface area (Å²) in [6.07, 6.45) is 10.6. The first-order valence-electron chi connectivity index (χ1n) is 22.0. The van der Waals surface area contributed by atoms with Crippen LogP contribution in [0.1, 0.15) is 101 Å². The number of pyridine rings is 1. The minimum atomic E-state index is -0.993. The van der Waals surface area contributed by atoms with E-state index in [0.29, 0.717) is 38.4 Å². The number of nitrogens with zero attached hydrogens (tertiary/aromatic N) is 8. The lowest BCUT2D eigenvalue weighted by Gasteiger charge is -2.33. The summed E-state index contributed by atoms with van der Waals surface area (Å²) in [6.45, 7) is 6.52. The minimum Gasteiger partial charge on any atom is -0.496 e. The number of likely N-dealkylation sites (tertiary alicyclic amines) is 1. The van der Waals surface area contributed by atoms with Crippen LogP contribution in [-0.4, -0.2) is 116 Å². The van der Waals surface area contributed by atoms with Gasteiger partial charge in [-0.2, -0.15) is 5.10 Å². The van der Waals surface area contributed by atoms with Gasteiger partial charge in [0.15, 0.2) is 5.82 Å². The molecule has 0 spiro atoms. The van der Waals surface area contributed by atoms with E-state index in [1.165, 1.54) is 11.3 Å². The monoisotopic (exact) mass is 853 g/mol. The first-order valence-corrected chi connectivity index (χ1v) is 22.0. The Balaban J connectivity index is 0.884.